The second-order valence-corrected chi connectivity index (χ2v) is 7.12. The van der Waals surface area contributed by atoms with Gasteiger partial charge in [0.15, 0.2) is 0 Å². The summed E-state index contributed by atoms with van der Waals surface area (Å²) in [6, 6.07) is 10.1. The zero-order chi connectivity index (χ0) is 17.2. The summed E-state index contributed by atoms with van der Waals surface area (Å²) >= 11 is 0. The van der Waals surface area contributed by atoms with Crippen LogP contribution in [0.5, 0.6) is 0 Å². The summed E-state index contributed by atoms with van der Waals surface area (Å²) in [5.74, 6) is 1.20. The molecular formula is C19H26N4O2. The number of amides is 1. The molecule has 0 bridgehead atoms. The number of likely N-dealkylation sites (N-methyl/N-ethyl adjacent to an activating group) is 1. The highest BCUT2D eigenvalue weighted by Crippen LogP contribution is 2.20. The Kier molecular flexibility index (Phi) is 4.74. The smallest absolute Gasteiger partial charge is 0.241 e. The Bertz CT molecular complexity index is 703. The van der Waals surface area contributed by atoms with Gasteiger partial charge < -0.3 is 19.5 Å². The molecular weight excluding hydrogens is 316 g/mol. The first-order valence-electron chi connectivity index (χ1n) is 9.09. The number of carbonyl (C=O) groups is 1. The number of nitrogens with zero attached hydrogens (tertiary/aromatic N) is 3. The van der Waals surface area contributed by atoms with Gasteiger partial charge in [-0.1, -0.05) is 18.2 Å². The minimum Gasteiger partial charge on any atom is -0.460 e. The van der Waals surface area contributed by atoms with Crippen LogP contribution in [0.3, 0.4) is 0 Å². The van der Waals surface area contributed by atoms with Crippen molar-refractivity contribution in [1.29, 1.82) is 0 Å². The van der Waals surface area contributed by atoms with E-state index in [0.717, 1.165) is 69.1 Å². The van der Waals surface area contributed by atoms with E-state index >= 15 is 0 Å². The minimum atomic E-state index is -0.110. The highest BCUT2D eigenvalue weighted by molar-refractivity contribution is 5.82. The number of para-hydroxylation sites is 1. The lowest BCUT2D eigenvalue weighted by molar-refractivity contribution is -0.136. The van der Waals surface area contributed by atoms with Gasteiger partial charge >= 0.3 is 0 Å². The lowest BCUT2D eigenvalue weighted by atomic mass is 10.1. The molecule has 2 fully saturated rings. The molecule has 0 unspecified atom stereocenters. The number of nitrogens with one attached hydrogen (secondary N) is 1. The van der Waals surface area contributed by atoms with E-state index in [4.69, 9.17) is 4.42 Å². The Balaban J connectivity index is 1.38. The molecule has 1 aromatic heterocycles. The predicted molar refractivity (Wildman–Crippen MR) is 97.4 cm³/mol. The SMILES string of the molecule is CN1CCN(C(=O)[C@H]2CN(Cc3cc4ccccc4o3)CCN2)CC1. The third-order valence-electron chi connectivity index (χ3n) is 5.23. The van der Waals surface area contributed by atoms with Crippen molar-refractivity contribution in [3.8, 4) is 0 Å². The highest BCUT2D eigenvalue weighted by Gasteiger charge is 2.30. The normalized spacial score (nSPS) is 23.2. The Labute approximate surface area is 148 Å². The van der Waals surface area contributed by atoms with Crippen LogP contribution in [0, 0.1) is 0 Å². The molecule has 6 nitrogen and oxygen atoms in total. The van der Waals surface area contributed by atoms with Crippen LogP contribution in [-0.4, -0.2) is 79.5 Å². The van der Waals surface area contributed by atoms with Gasteiger partial charge in [0.25, 0.3) is 0 Å². The molecule has 2 aliphatic rings. The molecule has 1 amide bonds. The molecule has 2 saturated heterocycles. The fourth-order valence-electron chi connectivity index (χ4n) is 3.70. The fourth-order valence-corrected chi connectivity index (χ4v) is 3.70. The topological polar surface area (TPSA) is 52.0 Å². The number of carbonyl (C=O) groups excluding carboxylic acids is 1. The first kappa shape index (κ1) is 16.6. The van der Waals surface area contributed by atoms with Gasteiger partial charge in [-0.05, 0) is 19.2 Å². The number of rotatable bonds is 3. The van der Waals surface area contributed by atoms with Gasteiger partial charge in [0, 0.05) is 51.2 Å². The second-order valence-electron chi connectivity index (χ2n) is 7.12. The summed E-state index contributed by atoms with van der Waals surface area (Å²) in [5, 5.41) is 4.53. The molecule has 1 aromatic carbocycles. The quantitative estimate of drug-likeness (QED) is 0.901. The van der Waals surface area contributed by atoms with Crippen molar-refractivity contribution >= 4 is 16.9 Å². The van der Waals surface area contributed by atoms with Crippen molar-refractivity contribution in [1.82, 2.24) is 20.0 Å². The Morgan fingerprint density at radius 1 is 1.20 bits per heavy atom. The van der Waals surface area contributed by atoms with Crippen LogP contribution in [0.4, 0.5) is 0 Å². The number of hydrogen-bond donors (Lipinski definition) is 1. The van der Waals surface area contributed by atoms with Crippen LogP contribution in [0.15, 0.2) is 34.7 Å². The summed E-state index contributed by atoms with van der Waals surface area (Å²) in [6.07, 6.45) is 0. The maximum absolute atomic E-state index is 12.8. The molecule has 0 aliphatic carbocycles. The molecule has 0 saturated carbocycles. The molecule has 4 rings (SSSR count). The van der Waals surface area contributed by atoms with Crippen LogP contribution < -0.4 is 5.32 Å². The summed E-state index contributed by atoms with van der Waals surface area (Å²) in [5.41, 5.74) is 0.928. The molecule has 3 heterocycles. The maximum Gasteiger partial charge on any atom is 0.241 e. The van der Waals surface area contributed by atoms with Crippen LogP contribution in [0.2, 0.25) is 0 Å². The van der Waals surface area contributed by atoms with Gasteiger partial charge in [0.1, 0.15) is 11.3 Å². The lowest BCUT2D eigenvalue weighted by Crippen LogP contribution is -2.59. The number of furan rings is 1. The van der Waals surface area contributed by atoms with Crippen LogP contribution in [-0.2, 0) is 11.3 Å². The van der Waals surface area contributed by atoms with E-state index in [0.29, 0.717) is 0 Å². The van der Waals surface area contributed by atoms with Crippen LogP contribution in [0.1, 0.15) is 5.76 Å². The number of benzene rings is 1. The molecule has 2 aromatic rings. The molecule has 25 heavy (non-hydrogen) atoms. The first-order valence-corrected chi connectivity index (χ1v) is 9.09. The van der Waals surface area contributed by atoms with Crippen molar-refractivity contribution in [3.05, 3.63) is 36.1 Å². The highest BCUT2D eigenvalue weighted by atomic mass is 16.3. The average Bonchev–Trinajstić information content (AvgIpc) is 3.04. The van der Waals surface area contributed by atoms with E-state index in [1.54, 1.807) is 0 Å². The summed E-state index contributed by atoms with van der Waals surface area (Å²) < 4.78 is 5.93. The van der Waals surface area contributed by atoms with Crippen molar-refractivity contribution in [2.24, 2.45) is 0 Å². The van der Waals surface area contributed by atoms with Gasteiger partial charge in [-0.25, -0.2) is 0 Å². The molecule has 134 valence electrons. The van der Waals surface area contributed by atoms with Gasteiger partial charge in [-0.2, -0.15) is 0 Å². The molecule has 1 atom stereocenters. The number of piperazine rings is 2. The van der Waals surface area contributed by atoms with Crippen molar-refractivity contribution in [2.45, 2.75) is 12.6 Å². The van der Waals surface area contributed by atoms with E-state index in [-0.39, 0.29) is 11.9 Å². The maximum atomic E-state index is 12.8. The Hall–Kier alpha value is -1.89. The van der Waals surface area contributed by atoms with E-state index in [1.165, 1.54) is 0 Å². The third-order valence-corrected chi connectivity index (χ3v) is 5.23. The largest absolute Gasteiger partial charge is 0.460 e. The number of hydrogen-bond acceptors (Lipinski definition) is 5. The Morgan fingerprint density at radius 2 is 2.00 bits per heavy atom. The van der Waals surface area contributed by atoms with Crippen molar-refractivity contribution in [3.63, 3.8) is 0 Å². The van der Waals surface area contributed by atoms with E-state index in [9.17, 15) is 4.79 Å². The Morgan fingerprint density at radius 3 is 2.80 bits per heavy atom. The summed E-state index contributed by atoms with van der Waals surface area (Å²) in [7, 11) is 2.11. The van der Waals surface area contributed by atoms with Crippen molar-refractivity contribution < 1.29 is 9.21 Å². The predicted octanol–water partition coefficient (Wildman–Crippen LogP) is 0.981. The zero-order valence-electron chi connectivity index (χ0n) is 14.8. The van der Waals surface area contributed by atoms with E-state index in [1.807, 2.05) is 23.1 Å². The van der Waals surface area contributed by atoms with Gasteiger partial charge in [0.2, 0.25) is 5.91 Å². The van der Waals surface area contributed by atoms with Crippen molar-refractivity contribution in [2.75, 3.05) is 52.9 Å². The molecule has 6 heteroatoms. The standard InChI is InChI=1S/C19H26N4O2/c1-21-8-10-23(11-9-21)19(24)17-14-22(7-6-20-17)13-16-12-15-4-2-3-5-18(15)25-16/h2-5,12,17,20H,6-11,13-14H2,1H3/t17-/m1/s1. The minimum absolute atomic E-state index is 0.110. The van der Waals surface area contributed by atoms with E-state index in [2.05, 4.69) is 34.3 Å². The average molecular weight is 342 g/mol. The zero-order valence-corrected chi connectivity index (χ0v) is 14.8. The third kappa shape index (κ3) is 3.71. The molecule has 2 aliphatic heterocycles. The monoisotopic (exact) mass is 342 g/mol. The van der Waals surface area contributed by atoms with Gasteiger partial charge in [-0.15, -0.1) is 0 Å². The van der Waals surface area contributed by atoms with E-state index < -0.39 is 0 Å². The van der Waals surface area contributed by atoms with Crippen LogP contribution in [0.25, 0.3) is 11.0 Å². The van der Waals surface area contributed by atoms with Gasteiger partial charge in [-0.3, -0.25) is 9.69 Å². The summed E-state index contributed by atoms with van der Waals surface area (Å²) in [4.78, 5) is 19.4. The second kappa shape index (κ2) is 7.15. The molecule has 1 N–H and O–H groups in total. The molecule has 0 spiro atoms. The molecule has 0 radical (unpaired) electrons. The number of fused-ring (bicyclic) bond motifs is 1. The van der Waals surface area contributed by atoms with Gasteiger partial charge in [0.05, 0.1) is 12.6 Å². The first-order chi connectivity index (χ1) is 12.2. The van der Waals surface area contributed by atoms with Crippen LogP contribution >= 0.6 is 0 Å². The lowest BCUT2D eigenvalue weighted by Gasteiger charge is -2.38. The summed E-state index contributed by atoms with van der Waals surface area (Å²) in [6.45, 7) is 6.84. The fraction of sp³-hybridized carbons (Fsp3) is 0.526.